The number of rotatable bonds is 6. The molecule has 3 N–H and O–H groups in total. The van der Waals surface area contributed by atoms with Crippen molar-refractivity contribution < 1.29 is 18.0 Å². The Morgan fingerprint density at radius 1 is 0.927 bits per heavy atom. The van der Waals surface area contributed by atoms with Gasteiger partial charge in [-0.2, -0.15) is 0 Å². The first-order valence-electron chi connectivity index (χ1n) is 12.3. The van der Waals surface area contributed by atoms with E-state index in [2.05, 4.69) is 25.3 Å². The molecule has 12 nitrogen and oxygen atoms in total. The second-order valence-electron chi connectivity index (χ2n) is 8.89. The Labute approximate surface area is 234 Å². The number of nitrogens with two attached hydrogens (primary N) is 1. The summed E-state index contributed by atoms with van der Waals surface area (Å²) in [6.07, 6.45) is 9.61. The van der Waals surface area contributed by atoms with Crippen molar-refractivity contribution >= 4 is 38.5 Å². The van der Waals surface area contributed by atoms with E-state index in [0.717, 1.165) is 16.6 Å². The molecule has 0 saturated carbocycles. The predicted octanol–water partition coefficient (Wildman–Crippen LogP) is 2.56. The van der Waals surface area contributed by atoms with E-state index < -0.39 is 15.7 Å². The molecule has 0 unspecified atom stereocenters. The van der Waals surface area contributed by atoms with E-state index in [1.807, 2.05) is 7.05 Å². The second-order valence-corrected chi connectivity index (χ2v) is 10.8. The molecule has 0 fully saturated rings. The molecule has 2 aromatic carbocycles. The number of nitrogens with zero attached hydrogens (tertiary/aromatic N) is 6. The van der Waals surface area contributed by atoms with Crippen molar-refractivity contribution in [2.45, 2.75) is 16.3 Å². The van der Waals surface area contributed by atoms with Gasteiger partial charge in [0, 0.05) is 44.6 Å². The van der Waals surface area contributed by atoms with Crippen LogP contribution in [0.2, 0.25) is 0 Å². The number of primary amides is 1. The van der Waals surface area contributed by atoms with Gasteiger partial charge in [0.15, 0.2) is 0 Å². The molecule has 13 heteroatoms. The van der Waals surface area contributed by atoms with Crippen LogP contribution in [0.1, 0.15) is 26.4 Å². The van der Waals surface area contributed by atoms with E-state index in [9.17, 15) is 18.0 Å². The molecule has 0 bridgehead atoms. The lowest BCUT2D eigenvalue weighted by Gasteiger charge is -2.08. The SMILES string of the molecule is Cn1cnc2ccc(S(=O)(=O)c3ccc(CNC(=O)c4cnc5nccn5c4)cc3)cc21.NC(=O)c1ccccn1. The minimum atomic E-state index is -3.68. The topological polar surface area (TPSA) is 167 Å². The zero-order valence-electron chi connectivity index (χ0n) is 21.7. The van der Waals surface area contributed by atoms with Gasteiger partial charge in [0.05, 0.1) is 32.7 Å². The van der Waals surface area contributed by atoms with E-state index >= 15 is 0 Å². The first kappa shape index (κ1) is 27.1. The Bertz CT molecular complexity index is 1970. The Morgan fingerprint density at radius 2 is 1.71 bits per heavy atom. The van der Waals surface area contributed by atoms with Crippen molar-refractivity contribution in [1.82, 2.24) is 34.2 Å². The number of pyridine rings is 1. The number of amides is 2. The van der Waals surface area contributed by atoms with Crippen LogP contribution in [-0.4, -0.2) is 49.1 Å². The summed E-state index contributed by atoms with van der Waals surface area (Å²) in [6, 6.07) is 16.4. The van der Waals surface area contributed by atoms with Gasteiger partial charge in [-0.3, -0.25) is 19.0 Å². The van der Waals surface area contributed by atoms with Crippen LogP contribution in [0.3, 0.4) is 0 Å². The van der Waals surface area contributed by atoms with E-state index in [-0.39, 0.29) is 22.2 Å². The number of carbonyl (C=O) groups is 2. The van der Waals surface area contributed by atoms with Gasteiger partial charge in [0.25, 0.3) is 11.8 Å². The fourth-order valence-corrected chi connectivity index (χ4v) is 5.20. The highest BCUT2D eigenvalue weighted by atomic mass is 32.2. The highest BCUT2D eigenvalue weighted by molar-refractivity contribution is 7.91. The number of imidazole rings is 2. The first-order chi connectivity index (χ1) is 19.7. The number of nitrogens with one attached hydrogen (secondary N) is 1. The maximum Gasteiger partial charge on any atom is 0.267 e. The average molecular weight is 569 g/mol. The van der Waals surface area contributed by atoms with Crippen LogP contribution in [0.25, 0.3) is 16.8 Å². The van der Waals surface area contributed by atoms with Crippen molar-refractivity contribution in [3.63, 3.8) is 0 Å². The minimum Gasteiger partial charge on any atom is -0.364 e. The van der Waals surface area contributed by atoms with Gasteiger partial charge in [-0.1, -0.05) is 18.2 Å². The number of fused-ring (bicyclic) bond motifs is 2. The molecule has 0 spiro atoms. The molecule has 0 aliphatic carbocycles. The number of carbonyl (C=O) groups excluding carboxylic acids is 2. The molecule has 0 atom stereocenters. The van der Waals surface area contributed by atoms with E-state index in [4.69, 9.17) is 5.73 Å². The second kappa shape index (κ2) is 11.4. The zero-order valence-corrected chi connectivity index (χ0v) is 22.6. The third-order valence-corrected chi connectivity index (χ3v) is 7.89. The molecule has 0 aliphatic heterocycles. The Morgan fingerprint density at radius 3 is 2.41 bits per heavy atom. The van der Waals surface area contributed by atoms with Crippen molar-refractivity contribution in [3.8, 4) is 0 Å². The largest absolute Gasteiger partial charge is 0.364 e. The maximum atomic E-state index is 13.0. The summed E-state index contributed by atoms with van der Waals surface area (Å²) in [4.78, 5) is 39.3. The number of aryl methyl sites for hydroxylation is 1. The Balaban J connectivity index is 0.000000321. The lowest BCUT2D eigenvalue weighted by atomic mass is 10.2. The highest BCUT2D eigenvalue weighted by Gasteiger charge is 2.19. The van der Waals surface area contributed by atoms with E-state index in [1.165, 1.54) is 12.4 Å². The molecule has 4 heterocycles. The van der Waals surface area contributed by atoms with Crippen LogP contribution < -0.4 is 11.1 Å². The molecule has 41 heavy (non-hydrogen) atoms. The smallest absolute Gasteiger partial charge is 0.267 e. The van der Waals surface area contributed by atoms with Crippen molar-refractivity contribution in [2.75, 3.05) is 0 Å². The number of aromatic nitrogens is 6. The van der Waals surface area contributed by atoms with Gasteiger partial charge in [-0.05, 0) is 48.0 Å². The molecular formula is C28H24N8O4S. The quantitative estimate of drug-likeness (QED) is 0.309. The number of hydrogen-bond acceptors (Lipinski definition) is 8. The van der Waals surface area contributed by atoms with Crippen LogP contribution in [0, 0.1) is 0 Å². The summed E-state index contributed by atoms with van der Waals surface area (Å²) in [7, 11) is -1.86. The molecule has 6 aromatic rings. The Kier molecular flexibility index (Phi) is 7.52. The number of hydrogen-bond donors (Lipinski definition) is 2. The van der Waals surface area contributed by atoms with Crippen LogP contribution in [0.5, 0.6) is 0 Å². The monoisotopic (exact) mass is 568 g/mol. The Hall–Kier alpha value is -5.43. The fraction of sp³-hybridized carbons (Fsp3) is 0.0714. The first-order valence-corrected chi connectivity index (χ1v) is 13.7. The number of benzene rings is 2. The number of sulfone groups is 1. The molecule has 0 aliphatic rings. The maximum absolute atomic E-state index is 13.0. The molecule has 0 saturated heterocycles. The standard InChI is InChI=1S/C22H18N6O3S.C6H6N2O/c1-27-14-26-19-7-6-18(10-20(19)27)32(30,31)17-4-2-15(3-5-17)11-24-21(29)16-12-25-22-23-8-9-28(22)13-16;7-6(9)5-3-1-2-4-8-5/h2-10,12-14H,11H2,1H3,(H,24,29);1-4H,(H2,7,9). The molecule has 206 valence electrons. The highest BCUT2D eigenvalue weighted by Crippen LogP contribution is 2.24. The normalized spacial score (nSPS) is 11.1. The summed E-state index contributed by atoms with van der Waals surface area (Å²) in [5.74, 6) is -0.259. The molecule has 2 amide bonds. The summed E-state index contributed by atoms with van der Waals surface area (Å²) in [6.45, 7) is 0.252. The van der Waals surface area contributed by atoms with E-state index in [1.54, 1.807) is 94.5 Å². The molecule has 6 rings (SSSR count). The van der Waals surface area contributed by atoms with Gasteiger partial charge in [-0.15, -0.1) is 0 Å². The lowest BCUT2D eigenvalue weighted by molar-refractivity contribution is 0.0948. The van der Waals surface area contributed by atoms with Crippen molar-refractivity contribution in [2.24, 2.45) is 12.8 Å². The summed E-state index contributed by atoms with van der Waals surface area (Å²) >= 11 is 0. The van der Waals surface area contributed by atoms with Gasteiger partial charge >= 0.3 is 0 Å². The van der Waals surface area contributed by atoms with Crippen LogP contribution in [0.4, 0.5) is 0 Å². The zero-order chi connectivity index (χ0) is 29.0. The predicted molar refractivity (Wildman–Crippen MR) is 150 cm³/mol. The lowest BCUT2D eigenvalue weighted by Crippen LogP contribution is -2.23. The van der Waals surface area contributed by atoms with Crippen molar-refractivity contribution in [1.29, 1.82) is 0 Å². The van der Waals surface area contributed by atoms with Gasteiger partial charge < -0.3 is 15.6 Å². The summed E-state index contributed by atoms with van der Waals surface area (Å²) in [5.41, 5.74) is 7.87. The van der Waals surface area contributed by atoms with Gasteiger partial charge in [-0.25, -0.2) is 23.4 Å². The molecule has 0 radical (unpaired) electrons. The van der Waals surface area contributed by atoms with Gasteiger partial charge in [0.2, 0.25) is 15.6 Å². The van der Waals surface area contributed by atoms with Crippen molar-refractivity contribution in [3.05, 3.63) is 115 Å². The van der Waals surface area contributed by atoms with Crippen LogP contribution in [-0.2, 0) is 23.4 Å². The third kappa shape index (κ3) is 5.94. The van der Waals surface area contributed by atoms with Crippen LogP contribution in [0.15, 0.2) is 108 Å². The van der Waals surface area contributed by atoms with Gasteiger partial charge in [0.1, 0.15) is 5.69 Å². The molecular weight excluding hydrogens is 544 g/mol. The molecule has 4 aromatic heterocycles. The average Bonchev–Trinajstić information content (AvgIpc) is 3.62. The summed E-state index contributed by atoms with van der Waals surface area (Å²) in [5, 5.41) is 2.81. The summed E-state index contributed by atoms with van der Waals surface area (Å²) < 4.78 is 29.5. The third-order valence-electron chi connectivity index (χ3n) is 6.12. The van der Waals surface area contributed by atoms with Crippen LogP contribution >= 0.6 is 0 Å². The van der Waals surface area contributed by atoms with E-state index in [0.29, 0.717) is 17.0 Å². The minimum absolute atomic E-state index is 0.184. The fourth-order valence-electron chi connectivity index (χ4n) is 3.92.